The molecule has 0 atom stereocenters. The first-order valence-electron chi connectivity index (χ1n) is 8.80. The average Bonchev–Trinajstić information content (AvgIpc) is 2.67. The normalized spacial score (nSPS) is 27.6. The minimum Gasteiger partial charge on any atom is -0.445 e. The topological polar surface area (TPSA) is 67.9 Å². The van der Waals surface area contributed by atoms with E-state index >= 15 is 0 Å². The summed E-state index contributed by atoms with van der Waals surface area (Å²) in [5, 5.41) is 4.41. The maximum atomic E-state index is 12.6. The molecule has 1 aromatic rings. The van der Waals surface area contributed by atoms with E-state index in [2.05, 4.69) is 5.32 Å². The van der Waals surface area contributed by atoms with Crippen molar-refractivity contribution in [3.8, 4) is 0 Å². The molecule has 3 saturated carbocycles. The Hall–Kier alpha value is -2.08. The van der Waals surface area contributed by atoms with Crippen LogP contribution < -0.4 is 5.32 Å². The predicted molar refractivity (Wildman–Crippen MR) is 92.4 cm³/mol. The van der Waals surface area contributed by atoms with Gasteiger partial charge in [0, 0.05) is 12.6 Å². The SMILES string of the molecule is CON(C)C(=O)C12CCC(NC(=O)OCc3ccccc3)(CC1)CC2. The zero-order chi connectivity index (χ0) is 17.9. The Kier molecular flexibility index (Phi) is 4.99. The standard InChI is InChI=1S/C19H26N2O4/c1-21(24-2)16(22)18-8-11-19(12-9-18,13-10-18)20-17(23)25-14-15-6-4-3-5-7-15/h3-7H,8-14H2,1-2H3,(H,20,23). The fraction of sp³-hybridized carbons (Fsp3) is 0.579. The molecule has 6 nitrogen and oxygen atoms in total. The van der Waals surface area contributed by atoms with Gasteiger partial charge in [-0.3, -0.25) is 9.63 Å². The van der Waals surface area contributed by atoms with Gasteiger partial charge < -0.3 is 10.1 Å². The van der Waals surface area contributed by atoms with E-state index < -0.39 is 0 Å². The molecule has 0 unspecified atom stereocenters. The molecule has 3 aliphatic rings. The van der Waals surface area contributed by atoms with Gasteiger partial charge >= 0.3 is 6.09 Å². The lowest BCUT2D eigenvalue weighted by molar-refractivity contribution is -0.187. The van der Waals surface area contributed by atoms with Crippen LogP contribution in [0.25, 0.3) is 0 Å². The number of carbonyl (C=O) groups excluding carboxylic acids is 2. The summed E-state index contributed by atoms with van der Waals surface area (Å²) in [7, 11) is 3.17. The quantitative estimate of drug-likeness (QED) is 0.832. The Bertz CT molecular complexity index is 607. The summed E-state index contributed by atoms with van der Waals surface area (Å²) in [5.74, 6) is 0.0509. The smallest absolute Gasteiger partial charge is 0.407 e. The Morgan fingerprint density at radius 1 is 1.08 bits per heavy atom. The van der Waals surface area contributed by atoms with Crippen LogP contribution in [-0.2, 0) is 21.0 Å². The summed E-state index contributed by atoms with van der Waals surface area (Å²) in [4.78, 5) is 29.9. The summed E-state index contributed by atoms with van der Waals surface area (Å²) in [6.07, 6.45) is 4.36. The van der Waals surface area contributed by atoms with Gasteiger partial charge in [0.05, 0.1) is 12.5 Å². The minimum atomic E-state index is -0.376. The third-order valence-corrected chi connectivity index (χ3v) is 5.84. The monoisotopic (exact) mass is 346 g/mol. The number of hydrogen-bond acceptors (Lipinski definition) is 4. The molecule has 0 aliphatic heterocycles. The highest BCUT2D eigenvalue weighted by atomic mass is 16.7. The van der Waals surface area contributed by atoms with Crippen molar-refractivity contribution in [1.29, 1.82) is 0 Å². The van der Waals surface area contributed by atoms with Gasteiger partial charge in [0.1, 0.15) is 6.61 Å². The van der Waals surface area contributed by atoms with Gasteiger partial charge in [-0.15, -0.1) is 0 Å². The Morgan fingerprint density at radius 2 is 1.68 bits per heavy atom. The van der Waals surface area contributed by atoms with Crippen molar-refractivity contribution in [2.75, 3.05) is 14.2 Å². The number of nitrogens with one attached hydrogen (secondary N) is 1. The number of hydrogen-bond donors (Lipinski definition) is 1. The molecule has 1 aromatic carbocycles. The molecule has 2 amide bonds. The largest absolute Gasteiger partial charge is 0.445 e. The second-order valence-electron chi connectivity index (χ2n) is 7.23. The van der Waals surface area contributed by atoms with E-state index in [9.17, 15) is 9.59 Å². The molecule has 6 heteroatoms. The number of nitrogens with zero attached hydrogens (tertiary/aromatic N) is 1. The van der Waals surface area contributed by atoms with E-state index in [-0.39, 0.29) is 29.6 Å². The van der Waals surface area contributed by atoms with E-state index in [4.69, 9.17) is 9.57 Å². The Balaban J connectivity index is 1.54. The highest BCUT2D eigenvalue weighted by Gasteiger charge is 2.54. The number of rotatable bonds is 5. The summed E-state index contributed by atoms with van der Waals surface area (Å²) >= 11 is 0. The molecule has 1 N–H and O–H groups in total. The Labute approximate surface area is 148 Å². The molecule has 2 bridgehead atoms. The molecule has 0 spiro atoms. The lowest BCUT2D eigenvalue weighted by Gasteiger charge is -2.52. The second kappa shape index (κ2) is 7.04. The first-order chi connectivity index (χ1) is 12.0. The van der Waals surface area contributed by atoms with Gasteiger partial charge in [0.15, 0.2) is 0 Å². The molecule has 3 fully saturated rings. The van der Waals surface area contributed by atoms with Gasteiger partial charge in [-0.05, 0) is 44.1 Å². The number of benzene rings is 1. The van der Waals surface area contributed by atoms with Crippen LogP contribution in [0.3, 0.4) is 0 Å². The van der Waals surface area contributed by atoms with E-state index in [1.165, 1.54) is 12.2 Å². The number of amides is 2. The van der Waals surface area contributed by atoms with E-state index in [1.54, 1.807) is 7.05 Å². The first-order valence-corrected chi connectivity index (χ1v) is 8.80. The van der Waals surface area contributed by atoms with Crippen LogP contribution in [-0.4, -0.2) is 36.8 Å². The fourth-order valence-electron chi connectivity index (χ4n) is 4.09. The molecule has 136 valence electrons. The fourth-order valence-corrected chi connectivity index (χ4v) is 4.09. The van der Waals surface area contributed by atoms with Crippen LogP contribution in [0.15, 0.2) is 30.3 Å². The van der Waals surface area contributed by atoms with Crippen LogP contribution in [0.4, 0.5) is 4.79 Å². The van der Waals surface area contributed by atoms with Gasteiger partial charge in [-0.2, -0.15) is 0 Å². The van der Waals surface area contributed by atoms with Crippen LogP contribution >= 0.6 is 0 Å². The summed E-state index contributed by atoms with van der Waals surface area (Å²) in [6, 6.07) is 9.63. The average molecular weight is 346 g/mol. The molecular weight excluding hydrogens is 320 g/mol. The second-order valence-corrected chi connectivity index (χ2v) is 7.23. The molecular formula is C19H26N2O4. The van der Waals surface area contributed by atoms with Gasteiger partial charge in [-0.1, -0.05) is 30.3 Å². The van der Waals surface area contributed by atoms with Gasteiger partial charge in [0.25, 0.3) is 5.91 Å². The van der Waals surface area contributed by atoms with Crippen LogP contribution in [0, 0.1) is 5.41 Å². The third kappa shape index (κ3) is 3.63. The zero-order valence-corrected chi connectivity index (χ0v) is 14.9. The summed E-state index contributed by atoms with van der Waals surface area (Å²) in [5.41, 5.74) is 0.401. The van der Waals surface area contributed by atoms with Crippen molar-refractivity contribution in [1.82, 2.24) is 10.4 Å². The van der Waals surface area contributed by atoms with Gasteiger partial charge in [-0.25, -0.2) is 9.86 Å². The number of hydroxylamine groups is 2. The van der Waals surface area contributed by atoms with E-state index in [0.29, 0.717) is 0 Å². The molecule has 0 aromatic heterocycles. The lowest BCUT2D eigenvalue weighted by atomic mass is 9.57. The van der Waals surface area contributed by atoms with Crippen molar-refractivity contribution in [2.45, 2.75) is 50.7 Å². The van der Waals surface area contributed by atoms with Crippen molar-refractivity contribution >= 4 is 12.0 Å². The molecule has 4 rings (SSSR count). The molecule has 0 saturated heterocycles. The first kappa shape index (κ1) is 17.7. The maximum Gasteiger partial charge on any atom is 0.407 e. The van der Waals surface area contributed by atoms with Gasteiger partial charge in [0.2, 0.25) is 0 Å². The predicted octanol–water partition coefficient (Wildman–Crippen LogP) is 3.03. The zero-order valence-electron chi connectivity index (χ0n) is 14.9. The number of ether oxygens (including phenoxy) is 1. The highest BCUT2D eigenvalue weighted by molar-refractivity contribution is 5.82. The highest BCUT2D eigenvalue weighted by Crippen LogP contribution is 2.53. The van der Waals surface area contributed by atoms with Crippen molar-refractivity contribution in [3.05, 3.63) is 35.9 Å². The third-order valence-electron chi connectivity index (χ3n) is 5.84. The van der Waals surface area contributed by atoms with E-state index in [0.717, 1.165) is 44.1 Å². The number of fused-ring (bicyclic) bond motifs is 3. The van der Waals surface area contributed by atoms with E-state index in [1.807, 2.05) is 30.3 Å². The van der Waals surface area contributed by atoms with Crippen molar-refractivity contribution in [3.63, 3.8) is 0 Å². The van der Waals surface area contributed by atoms with Crippen LogP contribution in [0.1, 0.15) is 44.1 Å². The van der Waals surface area contributed by atoms with Crippen LogP contribution in [0.2, 0.25) is 0 Å². The van der Waals surface area contributed by atoms with Crippen LogP contribution in [0.5, 0.6) is 0 Å². The van der Waals surface area contributed by atoms with Crippen molar-refractivity contribution < 1.29 is 19.2 Å². The summed E-state index contributed by atoms with van der Waals surface area (Å²) in [6.45, 7) is 0.268. The molecule has 25 heavy (non-hydrogen) atoms. The maximum absolute atomic E-state index is 12.6. The minimum absolute atomic E-state index is 0.0509. The lowest BCUT2D eigenvalue weighted by Crippen LogP contribution is -2.59. The number of carbonyl (C=O) groups is 2. The Morgan fingerprint density at radius 3 is 2.24 bits per heavy atom. The number of alkyl carbamates (subject to hydrolysis) is 1. The molecule has 0 radical (unpaired) electrons. The molecule has 3 aliphatic carbocycles. The summed E-state index contributed by atoms with van der Waals surface area (Å²) < 4.78 is 5.36. The van der Waals surface area contributed by atoms with Crippen molar-refractivity contribution in [2.24, 2.45) is 5.41 Å². The molecule has 0 heterocycles.